The number of aliphatic hydroxyl groups is 2. The van der Waals surface area contributed by atoms with Crippen LogP contribution < -0.4 is 4.90 Å². The summed E-state index contributed by atoms with van der Waals surface area (Å²) in [7, 11) is 0. The van der Waals surface area contributed by atoms with Crippen LogP contribution in [-0.4, -0.2) is 34.0 Å². The molecule has 136 valence electrons. The molecule has 0 fully saturated rings. The lowest BCUT2D eigenvalue weighted by Gasteiger charge is -2.35. The fourth-order valence-electron chi connectivity index (χ4n) is 2.73. The second-order valence-electron chi connectivity index (χ2n) is 5.64. The molecule has 1 aliphatic rings. The molecule has 0 amide bonds. The van der Waals surface area contributed by atoms with Crippen LogP contribution in [0.3, 0.4) is 0 Å². The van der Waals surface area contributed by atoms with E-state index in [0.717, 1.165) is 0 Å². The van der Waals surface area contributed by atoms with Gasteiger partial charge in [0.1, 0.15) is 23.0 Å². The summed E-state index contributed by atoms with van der Waals surface area (Å²) in [6.07, 6.45) is 0.0616. The van der Waals surface area contributed by atoms with Gasteiger partial charge < -0.3 is 19.8 Å². The molecule has 26 heavy (non-hydrogen) atoms. The quantitative estimate of drug-likeness (QED) is 0.736. The van der Waals surface area contributed by atoms with E-state index >= 15 is 0 Å². The first kappa shape index (κ1) is 18.3. The molecule has 0 radical (unpaired) electrons. The highest BCUT2D eigenvalue weighted by atomic mass is 79.9. The fraction of sp³-hybridized carbons (Fsp3) is 0.222. The molecule has 6 nitrogen and oxygen atoms in total. The maximum atomic E-state index is 13.1. The Labute approximate surface area is 157 Å². The lowest BCUT2D eigenvalue weighted by Crippen LogP contribution is -2.43. The number of benzene rings is 1. The number of rotatable bonds is 4. The molecule has 1 aromatic heterocycles. The highest BCUT2D eigenvalue weighted by molar-refractivity contribution is 9.10. The first-order chi connectivity index (χ1) is 12.4. The number of anilines is 1. The fourth-order valence-corrected chi connectivity index (χ4v) is 3.06. The Balaban J connectivity index is 2.07. The van der Waals surface area contributed by atoms with Gasteiger partial charge in [0.05, 0.1) is 12.2 Å². The molecule has 2 N–H and O–H groups in total. The number of nitrogens with zero attached hydrogens (tertiary/aromatic N) is 2. The molecule has 1 aliphatic heterocycles. The van der Waals surface area contributed by atoms with Gasteiger partial charge in [0.15, 0.2) is 6.23 Å². The SMILES string of the molecule is CCOC(=O)C1=C(O)c2cc(Br)cnc2N(Cc2ccc(F)cc2)C1O. The second-order valence-corrected chi connectivity index (χ2v) is 6.55. The number of ether oxygens (including phenoxy) is 1. The van der Waals surface area contributed by atoms with Crippen LogP contribution in [0.5, 0.6) is 0 Å². The van der Waals surface area contributed by atoms with E-state index in [9.17, 15) is 19.4 Å². The first-order valence-corrected chi connectivity index (χ1v) is 8.67. The average molecular weight is 423 g/mol. The van der Waals surface area contributed by atoms with Crippen LogP contribution in [0, 0.1) is 5.82 Å². The Hall–Kier alpha value is -2.45. The zero-order chi connectivity index (χ0) is 18.8. The van der Waals surface area contributed by atoms with Crippen LogP contribution in [0.2, 0.25) is 0 Å². The Morgan fingerprint density at radius 2 is 2.08 bits per heavy atom. The summed E-state index contributed by atoms with van der Waals surface area (Å²) >= 11 is 3.28. The van der Waals surface area contributed by atoms with Crippen molar-refractivity contribution in [2.24, 2.45) is 0 Å². The number of pyridine rings is 1. The standard InChI is InChI=1S/C18H16BrFN2O4/c1-2-26-18(25)14-15(23)13-7-11(19)8-21-16(13)22(17(14)24)9-10-3-5-12(20)6-4-10/h3-8,17,23-24H,2,9H2,1H3. The van der Waals surface area contributed by atoms with Gasteiger partial charge in [-0.2, -0.15) is 0 Å². The van der Waals surface area contributed by atoms with Crippen molar-refractivity contribution in [2.75, 3.05) is 11.5 Å². The highest BCUT2D eigenvalue weighted by Crippen LogP contribution is 2.37. The number of fused-ring (bicyclic) bond motifs is 1. The van der Waals surface area contributed by atoms with Gasteiger partial charge in [-0.3, -0.25) is 0 Å². The normalized spacial score (nSPS) is 16.5. The van der Waals surface area contributed by atoms with E-state index in [1.165, 1.54) is 23.2 Å². The minimum Gasteiger partial charge on any atom is -0.506 e. The van der Waals surface area contributed by atoms with Gasteiger partial charge in [-0.15, -0.1) is 0 Å². The van der Waals surface area contributed by atoms with Gasteiger partial charge >= 0.3 is 5.97 Å². The number of carbonyl (C=O) groups excluding carboxylic acids is 1. The molecule has 1 atom stereocenters. The Bertz CT molecular complexity index is 870. The van der Waals surface area contributed by atoms with E-state index in [0.29, 0.717) is 15.9 Å². The maximum absolute atomic E-state index is 13.1. The largest absolute Gasteiger partial charge is 0.506 e. The number of hydrogen-bond acceptors (Lipinski definition) is 6. The third kappa shape index (κ3) is 3.42. The number of hydrogen-bond donors (Lipinski definition) is 2. The molecule has 0 saturated carbocycles. The molecular formula is C18H16BrFN2O4. The molecule has 0 saturated heterocycles. The van der Waals surface area contributed by atoms with Crippen LogP contribution in [0.1, 0.15) is 18.1 Å². The van der Waals surface area contributed by atoms with E-state index in [-0.39, 0.29) is 35.9 Å². The van der Waals surface area contributed by atoms with Gasteiger partial charge in [-0.25, -0.2) is 14.2 Å². The van der Waals surface area contributed by atoms with Gasteiger partial charge in [-0.1, -0.05) is 12.1 Å². The predicted molar refractivity (Wildman–Crippen MR) is 96.7 cm³/mol. The molecule has 2 heterocycles. The Kier molecular flexibility index (Phi) is 5.24. The molecular weight excluding hydrogens is 407 g/mol. The minimum atomic E-state index is -1.46. The van der Waals surface area contributed by atoms with Crippen molar-refractivity contribution >= 4 is 33.5 Å². The molecule has 0 spiro atoms. The number of aliphatic hydroxyl groups excluding tert-OH is 2. The molecule has 1 aromatic carbocycles. The molecule has 2 aromatic rings. The summed E-state index contributed by atoms with van der Waals surface area (Å²) in [5.74, 6) is -1.27. The predicted octanol–water partition coefficient (Wildman–Crippen LogP) is 3.15. The monoisotopic (exact) mass is 422 g/mol. The van der Waals surface area contributed by atoms with Crippen LogP contribution in [0.25, 0.3) is 5.76 Å². The van der Waals surface area contributed by atoms with Crippen molar-refractivity contribution in [1.29, 1.82) is 0 Å². The maximum Gasteiger partial charge on any atom is 0.342 e. The summed E-state index contributed by atoms with van der Waals surface area (Å²) in [4.78, 5) is 17.9. The van der Waals surface area contributed by atoms with Gasteiger partial charge in [-0.05, 0) is 46.6 Å². The van der Waals surface area contributed by atoms with E-state index in [1.807, 2.05) is 0 Å². The Morgan fingerprint density at radius 1 is 1.38 bits per heavy atom. The smallest absolute Gasteiger partial charge is 0.342 e. The van der Waals surface area contributed by atoms with E-state index in [4.69, 9.17) is 4.74 Å². The van der Waals surface area contributed by atoms with Crippen molar-refractivity contribution in [3.63, 3.8) is 0 Å². The van der Waals surface area contributed by atoms with Crippen molar-refractivity contribution in [1.82, 2.24) is 4.98 Å². The number of halogens is 2. The lowest BCUT2D eigenvalue weighted by molar-refractivity contribution is -0.139. The molecule has 0 bridgehead atoms. The third-order valence-corrected chi connectivity index (χ3v) is 4.36. The Morgan fingerprint density at radius 3 is 2.73 bits per heavy atom. The second kappa shape index (κ2) is 7.43. The zero-order valence-electron chi connectivity index (χ0n) is 13.8. The summed E-state index contributed by atoms with van der Waals surface area (Å²) in [5.41, 5.74) is 0.724. The summed E-state index contributed by atoms with van der Waals surface area (Å²) in [6, 6.07) is 7.36. The van der Waals surface area contributed by atoms with Crippen molar-refractivity contribution < 1.29 is 24.1 Å². The van der Waals surface area contributed by atoms with Gasteiger partial charge in [0.25, 0.3) is 0 Å². The molecule has 8 heteroatoms. The van der Waals surface area contributed by atoms with E-state index in [1.54, 1.807) is 25.1 Å². The molecule has 0 aliphatic carbocycles. The number of esters is 1. The third-order valence-electron chi connectivity index (χ3n) is 3.93. The zero-order valence-corrected chi connectivity index (χ0v) is 15.4. The van der Waals surface area contributed by atoms with Crippen LogP contribution in [-0.2, 0) is 16.1 Å². The molecule has 3 rings (SSSR count). The van der Waals surface area contributed by atoms with Crippen molar-refractivity contribution in [2.45, 2.75) is 19.7 Å². The minimum absolute atomic E-state index is 0.101. The van der Waals surface area contributed by atoms with Gasteiger partial charge in [0.2, 0.25) is 0 Å². The van der Waals surface area contributed by atoms with Crippen LogP contribution in [0.4, 0.5) is 10.2 Å². The van der Waals surface area contributed by atoms with E-state index in [2.05, 4.69) is 20.9 Å². The first-order valence-electron chi connectivity index (χ1n) is 7.87. The molecule has 1 unspecified atom stereocenters. The van der Waals surface area contributed by atoms with Gasteiger partial charge in [0, 0.05) is 17.2 Å². The van der Waals surface area contributed by atoms with Crippen LogP contribution in [0.15, 0.2) is 46.6 Å². The lowest BCUT2D eigenvalue weighted by atomic mass is 10.0. The topological polar surface area (TPSA) is 82.9 Å². The summed E-state index contributed by atoms with van der Waals surface area (Å²) in [5, 5.41) is 21.2. The summed E-state index contributed by atoms with van der Waals surface area (Å²) < 4.78 is 18.7. The van der Waals surface area contributed by atoms with Crippen molar-refractivity contribution in [3.8, 4) is 0 Å². The summed E-state index contributed by atoms with van der Waals surface area (Å²) in [6.45, 7) is 1.89. The number of carbonyl (C=O) groups is 1. The number of aromatic nitrogens is 1. The highest BCUT2D eigenvalue weighted by Gasteiger charge is 2.37. The van der Waals surface area contributed by atoms with Crippen LogP contribution >= 0.6 is 15.9 Å². The average Bonchev–Trinajstić information content (AvgIpc) is 2.61. The van der Waals surface area contributed by atoms with E-state index < -0.39 is 12.2 Å². The van der Waals surface area contributed by atoms with Crippen molar-refractivity contribution in [3.05, 3.63) is 63.5 Å².